The Kier molecular flexibility index (Phi) is 6.64. The van der Waals surface area contributed by atoms with Crippen LogP contribution in [0.5, 0.6) is 5.75 Å². The molecule has 0 saturated carbocycles. The van der Waals surface area contributed by atoms with Gasteiger partial charge >= 0.3 is 0 Å². The molecule has 1 aliphatic rings. The number of ketones is 1. The van der Waals surface area contributed by atoms with Gasteiger partial charge in [-0.25, -0.2) is 0 Å². The van der Waals surface area contributed by atoms with E-state index in [2.05, 4.69) is 43.0 Å². The molecule has 1 aromatic rings. The number of benzene rings is 1. The maximum atomic E-state index is 11.7. The maximum absolute atomic E-state index is 11.7. The fourth-order valence-electron chi connectivity index (χ4n) is 2.93. The Labute approximate surface area is 141 Å². The van der Waals surface area contributed by atoms with Gasteiger partial charge in [-0.15, -0.1) is 0 Å². The van der Waals surface area contributed by atoms with Gasteiger partial charge in [0.2, 0.25) is 0 Å². The first-order valence-electron chi connectivity index (χ1n) is 8.97. The zero-order chi connectivity index (χ0) is 16.8. The van der Waals surface area contributed by atoms with Crippen molar-refractivity contribution in [1.82, 2.24) is 4.90 Å². The molecule has 0 unspecified atom stereocenters. The van der Waals surface area contributed by atoms with Gasteiger partial charge in [-0.05, 0) is 36.5 Å². The van der Waals surface area contributed by atoms with Crippen LogP contribution in [0.4, 0.5) is 0 Å². The lowest BCUT2D eigenvalue weighted by atomic mass is 10.0. The number of ether oxygens (including phenoxy) is 1. The normalized spacial score (nSPS) is 17.0. The quantitative estimate of drug-likeness (QED) is 0.752. The zero-order valence-corrected chi connectivity index (χ0v) is 15.0. The van der Waals surface area contributed by atoms with Crippen LogP contribution in [0.25, 0.3) is 0 Å². The lowest BCUT2D eigenvalue weighted by molar-refractivity contribution is -0.122. The van der Waals surface area contributed by atoms with Crippen LogP contribution in [0.1, 0.15) is 58.4 Å². The molecule has 0 bridgehead atoms. The summed E-state index contributed by atoms with van der Waals surface area (Å²) in [5.74, 6) is 2.06. The number of hydrogen-bond donors (Lipinski definition) is 0. The molecule has 0 atom stereocenters. The highest BCUT2D eigenvalue weighted by Gasteiger charge is 2.21. The number of Topliss-reactive ketones (excluding diaryl/α,β-unsaturated/α-hetero) is 1. The Morgan fingerprint density at radius 3 is 2.26 bits per heavy atom. The minimum atomic E-state index is 0.157. The first-order valence-corrected chi connectivity index (χ1v) is 8.97. The largest absolute Gasteiger partial charge is 0.490 e. The zero-order valence-electron chi connectivity index (χ0n) is 15.0. The first kappa shape index (κ1) is 18.0. The van der Waals surface area contributed by atoms with Crippen LogP contribution in [-0.2, 0) is 4.79 Å². The molecule has 1 saturated heterocycles. The van der Waals surface area contributed by atoms with E-state index in [1.807, 2.05) is 13.8 Å². The molecule has 2 rings (SSSR count). The predicted octanol–water partition coefficient (Wildman–Crippen LogP) is 4.27. The molecule has 0 aliphatic carbocycles. The fraction of sp³-hybridized carbons (Fsp3) is 0.650. The summed E-state index contributed by atoms with van der Waals surface area (Å²) in [7, 11) is 0. The number of carbonyl (C=O) groups excluding carboxylic acids is 1. The van der Waals surface area contributed by atoms with Gasteiger partial charge in [-0.3, -0.25) is 4.79 Å². The van der Waals surface area contributed by atoms with Crippen LogP contribution >= 0.6 is 0 Å². The summed E-state index contributed by atoms with van der Waals surface area (Å²) < 4.78 is 6.11. The van der Waals surface area contributed by atoms with E-state index in [0.717, 1.165) is 38.2 Å². The fourth-order valence-corrected chi connectivity index (χ4v) is 2.93. The van der Waals surface area contributed by atoms with Crippen molar-refractivity contribution in [3.63, 3.8) is 0 Å². The summed E-state index contributed by atoms with van der Waals surface area (Å²) in [6.07, 6.45) is 3.07. The number of carbonyl (C=O) groups is 1. The molecule has 1 fully saturated rings. The summed E-state index contributed by atoms with van der Waals surface area (Å²) in [6.45, 7) is 11.3. The van der Waals surface area contributed by atoms with Crippen molar-refractivity contribution in [3.05, 3.63) is 29.8 Å². The lowest BCUT2D eigenvalue weighted by Gasteiger charge is -2.32. The van der Waals surface area contributed by atoms with Crippen LogP contribution < -0.4 is 4.74 Å². The number of rotatable bonds is 7. The average Bonchev–Trinajstić information content (AvgIpc) is 2.54. The van der Waals surface area contributed by atoms with Gasteiger partial charge in [0.05, 0.1) is 0 Å². The molecule has 3 heteroatoms. The molecule has 0 amide bonds. The van der Waals surface area contributed by atoms with Gasteiger partial charge in [-0.1, -0.05) is 39.8 Å². The monoisotopic (exact) mass is 317 g/mol. The van der Waals surface area contributed by atoms with Gasteiger partial charge in [0, 0.05) is 32.0 Å². The van der Waals surface area contributed by atoms with E-state index in [4.69, 9.17) is 4.74 Å². The average molecular weight is 317 g/mol. The molecule has 0 aromatic heterocycles. The highest BCUT2D eigenvalue weighted by molar-refractivity contribution is 5.80. The lowest BCUT2D eigenvalue weighted by Crippen LogP contribution is -2.39. The van der Waals surface area contributed by atoms with Crippen LogP contribution in [0, 0.1) is 5.92 Å². The van der Waals surface area contributed by atoms with Crippen molar-refractivity contribution in [1.29, 1.82) is 0 Å². The van der Waals surface area contributed by atoms with E-state index in [1.165, 1.54) is 5.56 Å². The second-order valence-electron chi connectivity index (χ2n) is 7.25. The molecular weight excluding hydrogens is 286 g/mol. The summed E-state index contributed by atoms with van der Waals surface area (Å²) in [6, 6.07) is 8.49. The van der Waals surface area contributed by atoms with Crippen molar-refractivity contribution in [2.45, 2.75) is 59.0 Å². The highest BCUT2D eigenvalue weighted by Crippen LogP contribution is 2.22. The van der Waals surface area contributed by atoms with Gasteiger partial charge in [0.25, 0.3) is 0 Å². The van der Waals surface area contributed by atoms with Gasteiger partial charge in [0.1, 0.15) is 17.6 Å². The Hall–Kier alpha value is -1.35. The summed E-state index contributed by atoms with van der Waals surface area (Å²) >= 11 is 0. The van der Waals surface area contributed by atoms with E-state index in [1.54, 1.807) is 0 Å². The second kappa shape index (κ2) is 8.49. The van der Waals surface area contributed by atoms with E-state index in [-0.39, 0.29) is 5.92 Å². The second-order valence-corrected chi connectivity index (χ2v) is 7.25. The highest BCUT2D eigenvalue weighted by atomic mass is 16.5. The number of piperidine rings is 1. The van der Waals surface area contributed by atoms with Gasteiger partial charge in [0.15, 0.2) is 0 Å². The third-order valence-electron chi connectivity index (χ3n) is 4.70. The Morgan fingerprint density at radius 1 is 1.13 bits per heavy atom. The number of nitrogens with zero attached hydrogens (tertiary/aromatic N) is 1. The van der Waals surface area contributed by atoms with Gasteiger partial charge < -0.3 is 9.64 Å². The predicted molar refractivity (Wildman–Crippen MR) is 95.1 cm³/mol. The molecule has 1 heterocycles. The van der Waals surface area contributed by atoms with E-state index >= 15 is 0 Å². The molecular formula is C20H31NO2. The van der Waals surface area contributed by atoms with Crippen LogP contribution in [0.3, 0.4) is 0 Å². The Balaban J connectivity index is 1.73. The molecule has 0 radical (unpaired) electrons. The summed E-state index contributed by atoms with van der Waals surface area (Å²) in [4.78, 5) is 14.1. The topological polar surface area (TPSA) is 29.5 Å². The van der Waals surface area contributed by atoms with Crippen LogP contribution in [0.2, 0.25) is 0 Å². The molecule has 0 spiro atoms. The number of hydrogen-bond acceptors (Lipinski definition) is 3. The third-order valence-corrected chi connectivity index (χ3v) is 4.70. The van der Waals surface area contributed by atoms with E-state index in [9.17, 15) is 4.79 Å². The van der Waals surface area contributed by atoms with Crippen molar-refractivity contribution < 1.29 is 9.53 Å². The third kappa shape index (κ3) is 5.65. The smallest absolute Gasteiger partial charge is 0.136 e. The number of likely N-dealkylation sites (tertiary alicyclic amines) is 1. The Morgan fingerprint density at radius 2 is 1.74 bits per heavy atom. The van der Waals surface area contributed by atoms with Crippen molar-refractivity contribution in [3.8, 4) is 5.75 Å². The van der Waals surface area contributed by atoms with Crippen molar-refractivity contribution in [2.75, 3.05) is 19.6 Å². The van der Waals surface area contributed by atoms with E-state index in [0.29, 0.717) is 24.2 Å². The summed E-state index contributed by atoms with van der Waals surface area (Å²) in [5, 5.41) is 0. The molecule has 3 nitrogen and oxygen atoms in total. The van der Waals surface area contributed by atoms with E-state index < -0.39 is 0 Å². The molecule has 23 heavy (non-hydrogen) atoms. The Bertz CT molecular complexity index is 485. The minimum absolute atomic E-state index is 0.157. The minimum Gasteiger partial charge on any atom is -0.490 e. The van der Waals surface area contributed by atoms with Crippen LogP contribution in [0.15, 0.2) is 24.3 Å². The van der Waals surface area contributed by atoms with Gasteiger partial charge in [-0.2, -0.15) is 0 Å². The summed E-state index contributed by atoms with van der Waals surface area (Å²) in [5.41, 5.74) is 1.35. The van der Waals surface area contributed by atoms with Crippen molar-refractivity contribution in [2.24, 2.45) is 5.92 Å². The van der Waals surface area contributed by atoms with Crippen LogP contribution in [-0.4, -0.2) is 36.4 Å². The molecule has 128 valence electrons. The molecule has 0 N–H and O–H groups in total. The first-order chi connectivity index (χ1) is 11.0. The maximum Gasteiger partial charge on any atom is 0.136 e. The van der Waals surface area contributed by atoms with Crippen molar-refractivity contribution >= 4 is 5.78 Å². The molecule has 1 aromatic carbocycles. The molecule has 1 aliphatic heterocycles. The standard InChI is InChI=1S/C20H31NO2/c1-15(2)17-5-7-18(8-6-17)23-19-9-12-21(13-10-19)14-11-20(22)16(3)4/h5-8,15-16,19H,9-14H2,1-4H3. The SMILES string of the molecule is CC(C)C(=O)CCN1CCC(Oc2ccc(C(C)C)cc2)CC1.